The highest BCUT2D eigenvalue weighted by Gasteiger charge is 2.18. The lowest BCUT2D eigenvalue weighted by molar-refractivity contribution is -0.130. The second kappa shape index (κ2) is 8.83. The molecule has 1 aromatic carbocycles. The van der Waals surface area contributed by atoms with Crippen molar-refractivity contribution in [3.63, 3.8) is 0 Å². The Hall–Kier alpha value is -2.37. The Morgan fingerprint density at radius 2 is 1.96 bits per heavy atom. The van der Waals surface area contributed by atoms with Crippen molar-refractivity contribution in [1.82, 2.24) is 19.7 Å². The lowest BCUT2D eigenvalue weighted by atomic mass is 10.1. The first kappa shape index (κ1) is 18.4. The van der Waals surface area contributed by atoms with Gasteiger partial charge in [-0.25, -0.2) is 4.98 Å². The number of rotatable bonds is 7. The number of aromatic nitrogens is 3. The molecule has 1 aromatic heterocycles. The molecule has 0 saturated carbocycles. The molecule has 1 aliphatic rings. The number of nitrogens with zero attached hydrogens (tertiary/aromatic N) is 4. The molecule has 6 nitrogen and oxygen atoms in total. The number of hydrogen-bond acceptors (Lipinski definition) is 4. The van der Waals surface area contributed by atoms with Crippen LogP contribution in [0.3, 0.4) is 0 Å². The topological polar surface area (TPSA) is 60.2 Å². The summed E-state index contributed by atoms with van der Waals surface area (Å²) < 4.78 is 7.16. The van der Waals surface area contributed by atoms with Gasteiger partial charge in [-0.1, -0.05) is 18.6 Å². The summed E-state index contributed by atoms with van der Waals surface area (Å²) in [6.45, 7) is 4.47. The zero-order valence-electron chi connectivity index (χ0n) is 15.8. The van der Waals surface area contributed by atoms with E-state index in [1.165, 1.54) is 0 Å². The molecule has 1 saturated heterocycles. The van der Waals surface area contributed by atoms with Gasteiger partial charge in [0.15, 0.2) is 5.82 Å². The van der Waals surface area contributed by atoms with Gasteiger partial charge in [0.2, 0.25) is 5.91 Å². The second-order valence-electron chi connectivity index (χ2n) is 6.73. The molecule has 0 radical (unpaired) electrons. The average molecular weight is 356 g/mol. The van der Waals surface area contributed by atoms with Crippen molar-refractivity contribution >= 4 is 5.91 Å². The molecule has 0 N–H and O–H groups in total. The van der Waals surface area contributed by atoms with Crippen molar-refractivity contribution < 1.29 is 9.53 Å². The van der Waals surface area contributed by atoms with Gasteiger partial charge in [0.1, 0.15) is 11.6 Å². The van der Waals surface area contributed by atoms with Crippen molar-refractivity contribution in [2.75, 3.05) is 20.2 Å². The minimum atomic E-state index is 0.281. The highest BCUT2D eigenvalue weighted by Crippen LogP contribution is 2.15. The first-order valence-corrected chi connectivity index (χ1v) is 9.53. The molecule has 0 spiro atoms. The molecular formula is C20H28N4O2. The van der Waals surface area contributed by atoms with E-state index in [4.69, 9.17) is 9.72 Å². The van der Waals surface area contributed by atoms with Crippen LogP contribution in [0.15, 0.2) is 24.3 Å². The van der Waals surface area contributed by atoms with Crippen molar-refractivity contribution in [3.05, 3.63) is 41.5 Å². The van der Waals surface area contributed by atoms with Crippen molar-refractivity contribution in [1.29, 1.82) is 0 Å². The fourth-order valence-electron chi connectivity index (χ4n) is 3.38. The number of aryl methyl sites for hydroxylation is 1. The van der Waals surface area contributed by atoms with Crippen LogP contribution in [0.2, 0.25) is 0 Å². The van der Waals surface area contributed by atoms with Crippen LogP contribution in [0.4, 0.5) is 0 Å². The van der Waals surface area contributed by atoms with E-state index in [1.807, 2.05) is 33.8 Å². The summed E-state index contributed by atoms with van der Waals surface area (Å²) in [6, 6.07) is 8.00. The number of amides is 1. The summed E-state index contributed by atoms with van der Waals surface area (Å²) in [4.78, 5) is 18.9. The SMILES string of the molecule is CCn1nc(Cc2ccc(OC)cc2)nc1CCN1CCCCCC1=O. The Morgan fingerprint density at radius 3 is 2.69 bits per heavy atom. The quantitative estimate of drug-likeness (QED) is 0.765. The Kier molecular flexibility index (Phi) is 6.26. The van der Waals surface area contributed by atoms with E-state index in [2.05, 4.69) is 12.0 Å². The molecule has 1 aliphatic heterocycles. The molecule has 0 atom stereocenters. The Morgan fingerprint density at radius 1 is 1.15 bits per heavy atom. The summed E-state index contributed by atoms with van der Waals surface area (Å²) in [5.74, 6) is 2.93. The van der Waals surface area contributed by atoms with Crippen molar-refractivity contribution in [2.45, 2.75) is 52.0 Å². The van der Waals surface area contributed by atoms with Gasteiger partial charge in [0, 0.05) is 38.9 Å². The first-order chi connectivity index (χ1) is 12.7. The van der Waals surface area contributed by atoms with Crippen LogP contribution >= 0.6 is 0 Å². The first-order valence-electron chi connectivity index (χ1n) is 9.53. The van der Waals surface area contributed by atoms with Crippen LogP contribution in [-0.4, -0.2) is 45.8 Å². The zero-order chi connectivity index (χ0) is 18.4. The van der Waals surface area contributed by atoms with E-state index in [0.29, 0.717) is 12.8 Å². The number of methoxy groups -OCH3 is 1. The van der Waals surface area contributed by atoms with Crippen LogP contribution in [0, 0.1) is 0 Å². The molecule has 2 heterocycles. The number of ether oxygens (including phenoxy) is 1. The van der Waals surface area contributed by atoms with Gasteiger partial charge in [-0.05, 0) is 37.5 Å². The number of carbonyl (C=O) groups is 1. The number of benzene rings is 1. The third-order valence-electron chi connectivity index (χ3n) is 4.89. The summed E-state index contributed by atoms with van der Waals surface area (Å²) in [5, 5.41) is 4.64. The van der Waals surface area contributed by atoms with Gasteiger partial charge < -0.3 is 9.64 Å². The smallest absolute Gasteiger partial charge is 0.222 e. The van der Waals surface area contributed by atoms with Crippen LogP contribution in [0.5, 0.6) is 5.75 Å². The molecule has 1 fully saturated rings. The maximum Gasteiger partial charge on any atom is 0.222 e. The largest absolute Gasteiger partial charge is 0.497 e. The van der Waals surface area contributed by atoms with Crippen LogP contribution in [0.1, 0.15) is 49.8 Å². The van der Waals surface area contributed by atoms with E-state index in [1.54, 1.807) is 7.11 Å². The van der Waals surface area contributed by atoms with Crippen LogP contribution in [0.25, 0.3) is 0 Å². The Labute approximate surface area is 155 Å². The molecule has 0 bridgehead atoms. The number of likely N-dealkylation sites (tertiary alicyclic amines) is 1. The lowest BCUT2D eigenvalue weighted by Gasteiger charge is -2.20. The van der Waals surface area contributed by atoms with E-state index in [9.17, 15) is 4.79 Å². The fourth-order valence-corrected chi connectivity index (χ4v) is 3.38. The molecule has 6 heteroatoms. The van der Waals surface area contributed by atoms with Gasteiger partial charge in [-0.2, -0.15) is 5.10 Å². The van der Waals surface area contributed by atoms with Crippen molar-refractivity contribution in [2.24, 2.45) is 0 Å². The van der Waals surface area contributed by atoms with Gasteiger partial charge in [0.05, 0.1) is 7.11 Å². The second-order valence-corrected chi connectivity index (χ2v) is 6.73. The van der Waals surface area contributed by atoms with Crippen LogP contribution < -0.4 is 4.74 Å². The lowest BCUT2D eigenvalue weighted by Crippen LogP contribution is -2.32. The monoisotopic (exact) mass is 356 g/mol. The molecule has 140 valence electrons. The fraction of sp³-hybridized carbons (Fsp3) is 0.550. The highest BCUT2D eigenvalue weighted by atomic mass is 16.5. The predicted octanol–water partition coefficient (Wildman–Crippen LogP) is 2.84. The number of carbonyl (C=O) groups excluding carboxylic acids is 1. The standard InChI is InChI=1S/C20H28N4O2/c1-3-24-19(12-14-23-13-6-4-5-7-20(23)25)21-18(22-24)15-16-8-10-17(26-2)11-9-16/h8-11H,3-7,12-15H2,1-2H3. The van der Waals surface area contributed by atoms with E-state index >= 15 is 0 Å². The molecule has 1 amide bonds. The Bertz CT molecular complexity index is 724. The minimum Gasteiger partial charge on any atom is -0.497 e. The molecule has 2 aromatic rings. The van der Waals surface area contributed by atoms with Crippen LogP contribution in [-0.2, 0) is 24.2 Å². The maximum absolute atomic E-state index is 12.2. The minimum absolute atomic E-state index is 0.281. The van der Waals surface area contributed by atoms with E-state index in [0.717, 1.165) is 68.3 Å². The molecule has 0 aliphatic carbocycles. The third-order valence-corrected chi connectivity index (χ3v) is 4.89. The van der Waals surface area contributed by atoms with Crippen molar-refractivity contribution in [3.8, 4) is 5.75 Å². The maximum atomic E-state index is 12.2. The zero-order valence-corrected chi connectivity index (χ0v) is 15.8. The van der Waals surface area contributed by atoms with Gasteiger partial charge in [-0.15, -0.1) is 0 Å². The van der Waals surface area contributed by atoms with E-state index < -0.39 is 0 Å². The molecular weight excluding hydrogens is 328 g/mol. The van der Waals surface area contributed by atoms with E-state index in [-0.39, 0.29) is 5.91 Å². The summed E-state index contributed by atoms with van der Waals surface area (Å²) in [6.07, 6.45) is 5.42. The van der Waals surface area contributed by atoms with Gasteiger partial charge in [0.25, 0.3) is 0 Å². The Balaban J connectivity index is 1.64. The molecule has 3 rings (SSSR count). The van der Waals surface area contributed by atoms with Gasteiger partial charge >= 0.3 is 0 Å². The molecule has 26 heavy (non-hydrogen) atoms. The summed E-state index contributed by atoms with van der Waals surface area (Å²) in [5.41, 5.74) is 1.16. The highest BCUT2D eigenvalue weighted by molar-refractivity contribution is 5.76. The predicted molar refractivity (Wildman–Crippen MR) is 100 cm³/mol. The normalized spacial score (nSPS) is 15.2. The summed E-state index contributed by atoms with van der Waals surface area (Å²) in [7, 11) is 1.67. The third kappa shape index (κ3) is 4.62. The average Bonchev–Trinajstić information content (AvgIpc) is 2.93. The molecule has 0 unspecified atom stereocenters. The summed E-state index contributed by atoms with van der Waals surface area (Å²) >= 11 is 0. The van der Waals surface area contributed by atoms with Gasteiger partial charge in [-0.3, -0.25) is 9.48 Å². The number of hydrogen-bond donors (Lipinski definition) is 0.